The number of thiazole rings is 1. The van der Waals surface area contributed by atoms with E-state index in [4.69, 9.17) is 5.73 Å². The van der Waals surface area contributed by atoms with Gasteiger partial charge in [-0.1, -0.05) is 6.07 Å². The molecule has 1 amide bonds. The summed E-state index contributed by atoms with van der Waals surface area (Å²) in [7, 11) is 1.78. The second-order valence-corrected chi connectivity index (χ2v) is 7.22. The van der Waals surface area contributed by atoms with Crippen LogP contribution in [-0.4, -0.2) is 78.0 Å². The molecule has 2 N–H and O–H groups in total. The van der Waals surface area contributed by atoms with E-state index in [1.165, 1.54) is 0 Å². The number of amides is 1. The van der Waals surface area contributed by atoms with Crippen LogP contribution in [0.5, 0.6) is 0 Å². The van der Waals surface area contributed by atoms with E-state index in [9.17, 15) is 4.79 Å². The quantitative estimate of drug-likeness (QED) is 0.579. The average Bonchev–Trinajstić information content (AvgIpc) is 3.25. The first-order valence-electron chi connectivity index (χ1n) is 8.96. The van der Waals surface area contributed by atoms with Crippen molar-refractivity contribution in [1.82, 2.24) is 19.8 Å². The maximum atomic E-state index is 12.3. The molecule has 1 aliphatic rings. The molecule has 1 aliphatic heterocycles. The molecule has 0 saturated carbocycles. The number of rotatable bonds is 6. The number of piperazine rings is 1. The zero-order valence-corrected chi connectivity index (χ0v) is 16.3. The number of likely N-dealkylation sites (N-methyl/N-ethyl adjacent to an activating group) is 1. The third kappa shape index (κ3) is 5.40. The second-order valence-electron chi connectivity index (χ2n) is 6.35. The largest absolute Gasteiger partial charge is 0.370 e. The number of nitrogens with zero attached hydrogens (tertiary/aromatic N) is 6. The number of guanidine groups is 1. The lowest BCUT2D eigenvalue weighted by Crippen LogP contribution is -2.51. The highest BCUT2D eigenvalue weighted by Gasteiger charge is 2.20. The molecule has 1 saturated heterocycles. The molecular formula is C18H25N7OS. The Kier molecular flexibility index (Phi) is 6.59. The van der Waals surface area contributed by atoms with Crippen molar-refractivity contribution >= 4 is 28.3 Å². The van der Waals surface area contributed by atoms with Gasteiger partial charge in [0.05, 0.1) is 0 Å². The van der Waals surface area contributed by atoms with Crippen molar-refractivity contribution in [3.8, 4) is 0 Å². The fraction of sp³-hybridized carbons (Fsp3) is 0.444. The minimum absolute atomic E-state index is 0.0460. The van der Waals surface area contributed by atoms with E-state index >= 15 is 0 Å². The predicted octanol–water partition coefficient (Wildman–Crippen LogP) is 0.676. The fourth-order valence-electron chi connectivity index (χ4n) is 2.82. The Labute approximate surface area is 163 Å². The third-order valence-electron chi connectivity index (χ3n) is 4.53. The van der Waals surface area contributed by atoms with Crippen LogP contribution in [0.25, 0.3) is 0 Å². The Balaban J connectivity index is 1.42. The fourth-order valence-corrected chi connectivity index (χ4v) is 3.52. The van der Waals surface area contributed by atoms with Crippen molar-refractivity contribution < 1.29 is 4.79 Å². The summed E-state index contributed by atoms with van der Waals surface area (Å²) < 4.78 is 0. The molecule has 144 valence electrons. The summed E-state index contributed by atoms with van der Waals surface area (Å²) >= 11 is 1.64. The van der Waals surface area contributed by atoms with Gasteiger partial charge < -0.3 is 20.4 Å². The standard InChI is InChI=1S/C18H25N7OS/c1-23(8-5-15-4-2-3-6-20-15)16(26)14-22-17(19)24-9-11-25(12-10-24)18-21-7-13-27-18/h2-4,6-7,13H,5,8-12,14H2,1H3,(H2,19,22). The Morgan fingerprint density at radius 3 is 2.74 bits per heavy atom. The van der Waals surface area contributed by atoms with Crippen molar-refractivity contribution in [2.24, 2.45) is 10.7 Å². The lowest BCUT2D eigenvalue weighted by molar-refractivity contribution is -0.128. The van der Waals surface area contributed by atoms with Crippen molar-refractivity contribution in [3.05, 3.63) is 41.7 Å². The second kappa shape index (κ2) is 9.31. The molecule has 0 bridgehead atoms. The average molecular weight is 388 g/mol. The smallest absolute Gasteiger partial charge is 0.244 e. The minimum atomic E-state index is -0.0460. The summed E-state index contributed by atoms with van der Waals surface area (Å²) in [4.78, 5) is 31.1. The molecule has 2 aromatic rings. The minimum Gasteiger partial charge on any atom is -0.370 e. The predicted molar refractivity (Wildman–Crippen MR) is 108 cm³/mol. The summed E-state index contributed by atoms with van der Waals surface area (Å²) in [5.74, 6) is 0.385. The number of carbonyl (C=O) groups is 1. The first-order valence-corrected chi connectivity index (χ1v) is 9.84. The van der Waals surface area contributed by atoms with Gasteiger partial charge in [-0.2, -0.15) is 0 Å². The highest BCUT2D eigenvalue weighted by Crippen LogP contribution is 2.18. The van der Waals surface area contributed by atoms with Crippen LogP contribution >= 0.6 is 11.3 Å². The van der Waals surface area contributed by atoms with Gasteiger partial charge in [0, 0.05) is 69.7 Å². The zero-order valence-electron chi connectivity index (χ0n) is 15.5. The SMILES string of the molecule is CN(CCc1ccccn1)C(=O)CN=C(N)N1CCN(c2nccs2)CC1. The molecule has 3 rings (SSSR count). The summed E-state index contributed by atoms with van der Waals surface area (Å²) in [6.45, 7) is 3.93. The molecule has 1 fully saturated rings. The molecule has 9 heteroatoms. The molecule has 3 heterocycles. The first-order chi connectivity index (χ1) is 13.1. The van der Waals surface area contributed by atoms with E-state index in [0.29, 0.717) is 12.5 Å². The molecule has 0 atom stereocenters. The van der Waals surface area contributed by atoms with Crippen molar-refractivity contribution in [3.63, 3.8) is 0 Å². The van der Waals surface area contributed by atoms with Gasteiger partial charge in [-0.25, -0.2) is 9.98 Å². The molecule has 0 radical (unpaired) electrons. The Morgan fingerprint density at radius 1 is 1.26 bits per heavy atom. The number of aromatic nitrogens is 2. The van der Waals surface area contributed by atoms with E-state index in [-0.39, 0.29) is 12.5 Å². The van der Waals surface area contributed by atoms with Gasteiger partial charge in [-0.3, -0.25) is 9.78 Å². The highest BCUT2D eigenvalue weighted by atomic mass is 32.1. The van der Waals surface area contributed by atoms with Crippen molar-refractivity contribution in [2.45, 2.75) is 6.42 Å². The number of carbonyl (C=O) groups excluding carboxylic acids is 1. The summed E-state index contributed by atoms with van der Waals surface area (Å²) in [6, 6.07) is 5.79. The summed E-state index contributed by atoms with van der Waals surface area (Å²) in [5, 5.41) is 3.02. The lowest BCUT2D eigenvalue weighted by Gasteiger charge is -2.35. The van der Waals surface area contributed by atoms with E-state index in [0.717, 1.165) is 43.4 Å². The maximum absolute atomic E-state index is 12.3. The number of aliphatic imine (C=N–C) groups is 1. The molecule has 2 aromatic heterocycles. The number of hydrogen-bond acceptors (Lipinski definition) is 6. The zero-order chi connectivity index (χ0) is 19.1. The molecule has 8 nitrogen and oxygen atoms in total. The monoisotopic (exact) mass is 387 g/mol. The normalized spacial score (nSPS) is 15.1. The Hall–Kier alpha value is -2.68. The number of hydrogen-bond donors (Lipinski definition) is 1. The van der Waals surface area contributed by atoms with Crippen molar-refractivity contribution in [1.29, 1.82) is 0 Å². The van der Waals surface area contributed by atoms with Crippen LogP contribution in [-0.2, 0) is 11.2 Å². The maximum Gasteiger partial charge on any atom is 0.244 e. The molecule has 0 aromatic carbocycles. The van der Waals surface area contributed by atoms with Gasteiger partial charge >= 0.3 is 0 Å². The van der Waals surface area contributed by atoms with Gasteiger partial charge in [0.1, 0.15) is 6.54 Å². The van der Waals surface area contributed by atoms with E-state index in [2.05, 4.69) is 19.9 Å². The summed E-state index contributed by atoms with van der Waals surface area (Å²) in [5.41, 5.74) is 7.06. The topological polar surface area (TPSA) is 90.9 Å². The van der Waals surface area contributed by atoms with E-state index in [1.807, 2.05) is 34.7 Å². The van der Waals surface area contributed by atoms with Crippen LogP contribution < -0.4 is 10.6 Å². The number of pyridine rings is 1. The Bertz CT molecular complexity index is 742. The van der Waals surface area contributed by atoms with Crippen LogP contribution in [0.4, 0.5) is 5.13 Å². The van der Waals surface area contributed by atoms with Gasteiger partial charge in [0.25, 0.3) is 0 Å². The van der Waals surface area contributed by atoms with Gasteiger partial charge in [-0.15, -0.1) is 11.3 Å². The number of anilines is 1. The van der Waals surface area contributed by atoms with Crippen molar-refractivity contribution in [2.75, 3.05) is 51.2 Å². The molecule has 0 spiro atoms. The lowest BCUT2D eigenvalue weighted by atomic mass is 10.2. The molecule has 0 unspecified atom stereocenters. The number of nitrogens with two attached hydrogens (primary N) is 1. The van der Waals surface area contributed by atoms with Gasteiger partial charge in [0.2, 0.25) is 5.91 Å². The van der Waals surface area contributed by atoms with E-state index in [1.54, 1.807) is 29.5 Å². The Morgan fingerprint density at radius 2 is 2.07 bits per heavy atom. The molecular weight excluding hydrogens is 362 g/mol. The highest BCUT2D eigenvalue weighted by molar-refractivity contribution is 7.13. The molecule has 0 aliphatic carbocycles. The van der Waals surface area contributed by atoms with Crippen LogP contribution in [0.3, 0.4) is 0 Å². The van der Waals surface area contributed by atoms with E-state index < -0.39 is 0 Å². The van der Waals surface area contributed by atoms with Crippen LogP contribution in [0, 0.1) is 0 Å². The van der Waals surface area contributed by atoms with Gasteiger partial charge in [0.15, 0.2) is 11.1 Å². The summed E-state index contributed by atoms with van der Waals surface area (Å²) in [6.07, 6.45) is 4.30. The third-order valence-corrected chi connectivity index (χ3v) is 5.36. The van der Waals surface area contributed by atoms with Crippen LogP contribution in [0.2, 0.25) is 0 Å². The van der Waals surface area contributed by atoms with Crippen LogP contribution in [0.1, 0.15) is 5.69 Å². The van der Waals surface area contributed by atoms with Crippen LogP contribution in [0.15, 0.2) is 41.0 Å². The van der Waals surface area contributed by atoms with Gasteiger partial charge in [-0.05, 0) is 12.1 Å². The first kappa shape index (κ1) is 19.1. The molecule has 27 heavy (non-hydrogen) atoms.